The Balaban J connectivity index is 0.000000648. The summed E-state index contributed by atoms with van der Waals surface area (Å²) in [5, 5.41) is 0. The first-order valence-corrected chi connectivity index (χ1v) is 9.50. The maximum Gasteiger partial charge on any atom is 0.296 e. The van der Waals surface area contributed by atoms with Gasteiger partial charge in [-0.3, -0.25) is 4.18 Å². The molecule has 0 N–H and O–H groups in total. The SMILES string of the molecule is C=CCC.Cc1ccc(S(=O)(=O)OCCC2COC(C)(C)O2)cc1. The molecular formula is C18H28O5S. The van der Waals surface area contributed by atoms with Gasteiger partial charge in [-0.15, -0.1) is 6.58 Å². The number of benzene rings is 1. The Bertz CT molecular complexity index is 605. The predicted molar refractivity (Wildman–Crippen MR) is 94.3 cm³/mol. The third-order valence-corrected chi connectivity index (χ3v) is 4.67. The molecule has 1 saturated heterocycles. The van der Waals surface area contributed by atoms with Crippen molar-refractivity contribution in [2.75, 3.05) is 13.2 Å². The van der Waals surface area contributed by atoms with Crippen LogP contribution in [0.3, 0.4) is 0 Å². The fourth-order valence-electron chi connectivity index (χ4n) is 1.97. The van der Waals surface area contributed by atoms with Crippen molar-refractivity contribution in [3.8, 4) is 0 Å². The molecule has 0 aromatic heterocycles. The van der Waals surface area contributed by atoms with E-state index in [0.29, 0.717) is 13.0 Å². The lowest BCUT2D eigenvalue weighted by Gasteiger charge is -2.16. The Labute approximate surface area is 145 Å². The average molecular weight is 356 g/mol. The molecule has 1 aromatic carbocycles. The summed E-state index contributed by atoms with van der Waals surface area (Å²) in [7, 11) is -3.69. The van der Waals surface area contributed by atoms with Crippen LogP contribution in [0.5, 0.6) is 0 Å². The molecule has 1 aromatic rings. The van der Waals surface area contributed by atoms with Gasteiger partial charge >= 0.3 is 0 Å². The molecule has 5 nitrogen and oxygen atoms in total. The number of rotatable bonds is 6. The average Bonchev–Trinajstić information content (AvgIpc) is 2.87. The molecule has 1 atom stereocenters. The summed E-state index contributed by atoms with van der Waals surface area (Å²) < 4.78 is 39.9. The second-order valence-electron chi connectivity index (χ2n) is 6.03. The molecular weight excluding hydrogens is 328 g/mol. The van der Waals surface area contributed by atoms with Gasteiger partial charge < -0.3 is 9.47 Å². The highest BCUT2D eigenvalue weighted by Crippen LogP contribution is 2.24. The molecule has 1 fully saturated rings. The fourth-order valence-corrected chi connectivity index (χ4v) is 2.89. The molecule has 1 unspecified atom stereocenters. The summed E-state index contributed by atoms with van der Waals surface area (Å²) in [5.41, 5.74) is 1.00. The van der Waals surface area contributed by atoms with Gasteiger partial charge in [-0.05, 0) is 39.3 Å². The maximum atomic E-state index is 12.0. The zero-order valence-corrected chi connectivity index (χ0v) is 15.8. The second-order valence-corrected chi connectivity index (χ2v) is 7.64. The Hall–Kier alpha value is -1.21. The lowest BCUT2D eigenvalue weighted by Crippen LogP contribution is -2.22. The van der Waals surface area contributed by atoms with Crippen molar-refractivity contribution in [1.29, 1.82) is 0 Å². The van der Waals surface area contributed by atoms with Gasteiger partial charge in [0, 0.05) is 6.42 Å². The lowest BCUT2D eigenvalue weighted by atomic mass is 10.2. The highest BCUT2D eigenvalue weighted by atomic mass is 32.2. The van der Waals surface area contributed by atoms with Crippen LogP contribution in [-0.2, 0) is 23.8 Å². The molecule has 2 rings (SSSR count). The van der Waals surface area contributed by atoms with Crippen LogP contribution in [0.15, 0.2) is 41.8 Å². The molecule has 1 aliphatic heterocycles. The minimum Gasteiger partial charge on any atom is -0.348 e. The standard InChI is InChI=1S/C14H20O5S.C4H8/c1-11-4-6-13(7-5-11)20(15,16)18-9-8-12-10-17-14(2,3)19-12;1-3-4-2/h4-7,12H,8-10H2,1-3H3;3H,1,4H2,2H3. The summed E-state index contributed by atoms with van der Waals surface area (Å²) in [6, 6.07) is 6.57. The van der Waals surface area contributed by atoms with Gasteiger partial charge in [0.25, 0.3) is 10.1 Å². The van der Waals surface area contributed by atoms with Gasteiger partial charge in [-0.2, -0.15) is 8.42 Å². The zero-order chi connectivity index (χ0) is 18.2. The van der Waals surface area contributed by atoms with E-state index in [1.54, 1.807) is 24.3 Å². The van der Waals surface area contributed by atoms with Gasteiger partial charge in [0.15, 0.2) is 5.79 Å². The van der Waals surface area contributed by atoms with E-state index in [-0.39, 0.29) is 17.6 Å². The van der Waals surface area contributed by atoms with Crippen LogP contribution >= 0.6 is 0 Å². The van der Waals surface area contributed by atoms with Gasteiger partial charge in [0.05, 0.1) is 24.2 Å². The minimum atomic E-state index is -3.69. The third-order valence-electron chi connectivity index (χ3n) is 3.34. The molecule has 1 heterocycles. The van der Waals surface area contributed by atoms with E-state index < -0.39 is 15.9 Å². The van der Waals surface area contributed by atoms with Gasteiger partial charge in [0.2, 0.25) is 0 Å². The molecule has 24 heavy (non-hydrogen) atoms. The maximum absolute atomic E-state index is 12.0. The molecule has 0 aliphatic carbocycles. The number of hydrogen-bond acceptors (Lipinski definition) is 5. The van der Waals surface area contributed by atoms with Crippen molar-refractivity contribution >= 4 is 10.1 Å². The first-order chi connectivity index (χ1) is 11.2. The predicted octanol–water partition coefficient (Wildman–Crippen LogP) is 3.82. The van der Waals surface area contributed by atoms with E-state index in [2.05, 4.69) is 13.5 Å². The van der Waals surface area contributed by atoms with Gasteiger partial charge in [-0.1, -0.05) is 30.7 Å². The van der Waals surface area contributed by atoms with Crippen LogP contribution in [0.4, 0.5) is 0 Å². The number of aryl methyl sites for hydroxylation is 1. The molecule has 0 saturated carbocycles. The van der Waals surface area contributed by atoms with Crippen molar-refractivity contribution in [2.45, 2.75) is 57.3 Å². The first-order valence-electron chi connectivity index (χ1n) is 8.09. The Morgan fingerprint density at radius 3 is 2.38 bits per heavy atom. The zero-order valence-electron chi connectivity index (χ0n) is 14.9. The highest BCUT2D eigenvalue weighted by molar-refractivity contribution is 7.86. The fraction of sp³-hybridized carbons (Fsp3) is 0.556. The molecule has 0 radical (unpaired) electrons. The summed E-state index contributed by atoms with van der Waals surface area (Å²) in [4.78, 5) is 0.173. The number of hydrogen-bond donors (Lipinski definition) is 0. The van der Waals surface area contributed by atoms with Crippen molar-refractivity contribution in [2.24, 2.45) is 0 Å². The Kier molecular flexibility index (Phi) is 8.09. The largest absolute Gasteiger partial charge is 0.348 e. The van der Waals surface area contributed by atoms with Crippen molar-refractivity contribution < 1.29 is 22.1 Å². The van der Waals surface area contributed by atoms with E-state index in [0.717, 1.165) is 12.0 Å². The first kappa shape index (κ1) is 20.8. The van der Waals surface area contributed by atoms with E-state index in [9.17, 15) is 8.42 Å². The topological polar surface area (TPSA) is 61.8 Å². The van der Waals surface area contributed by atoms with E-state index in [1.165, 1.54) is 0 Å². The van der Waals surface area contributed by atoms with E-state index >= 15 is 0 Å². The second kappa shape index (κ2) is 9.32. The van der Waals surface area contributed by atoms with Crippen LogP contribution in [-0.4, -0.2) is 33.5 Å². The van der Waals surface area contributed by atoms with Gasteiger partial charge in [-0.25, -0.2) is 0 Å². The van der Waals surface area contributed by atoms with Crippen molar-refractivity contribution in [3.05, 3.63) is 42.5 Å². The minimum absolute atomic E-state index is 0.0836. The molecule has 0 spiro atoms. The quantitative estimate of drug-likeness (QED) is 0.573. The molecule has 0 bridgehead atoms. The van der Waals surface area contributed by atoms with Crippen molar-refractivity contribution in [3.63, 3.8) is 0 Å². The molecule has 136 valence electrons. The normalized spacial score (nSPS) is 19.4. The Morgan fingerprint density at radius 2 is 1.92 bits per heavy atom. The summed E-state index contributed by atoms with van der Waals surface area (Å²) in [6.45, 7) is 11.6. The molecule has 6 heteroatoms. The van der Waals surface area contributed by atoms with Crippen LogP contribution < -0.4 is 0 Å². The highest BCUT2D eigenvalue weighted by Gasteiger charge is 2.32. The Morgan fingerprint density at radius 1 is 1.33 bits per heavy atom. The smallest absolute Gasteiger partial charge is 0.296 e. The summed E-state index contributed by atoms with van der Waals surface area (Å²) in [5.74, 6) is -0.597. The van der Waals surface area contributed by atoms with Gasteiger partial charge in [0.1, 0.15) is 0 Å². The van der Waals surface area contributed by atoms with Crippen LogP contribution in [0.2, 0.25) is 0 Å². The molecule has 1 aliphatic rings. The molecule has 0 amide bonds. The summed E-state index contributed by atoms with van der Waals surface area (Å²) in [6.07, 6.45) is 3.31. The number of allylic oxidation sites excluding steroid dienone is 1. The van der Waals surface area contributed by atoms with Crippen molar-refractivity contribution in [1.82, 2.24) is 0 Å². The van der Waals surface area contributed by atoms with Crippen LogP contribution in [0, 0.1) is 6.92 Å². The van der Waals surface area contributed by atoms with E-state index in [1.807, 2.05) is 26.8 Å². The number of ether oxygens (including phenoxy) is 2. The van der Waals surface area contributed by atoms with Crippen LogP contribution in [0.1, 0.15) is 39.2 Å². The van der Waals surface area contributed by atoms with E-state index in [4.69, 9.17) is 13.7 Å². The summed E-state index contributed by atoms with van der Waals surface area (Å²) >= 11 is 0. The van der Waals surface area contributed by atoms with Crippen LogP contribution in [0.25, 0.3) is 0 Å². The monoisotopic (exact) mass is 356 g/mol. The lowest BCUT2D eigenvalue weighted by molar-refractivity contribution is -0.139. The third kappa shape index (κ3) is 7.13.